The lowest BCUT2D eigenvalue weighted by molar-refractivity contribution is -0.137. The SMILES string of the molecule is C[Si](C)(C)CCOCn1ccc2c(-c3cnn([C@@H](CC#N)C4CCN(c5nc(Cl)cc(C(F)(F)F)c5C#N)C4)c3)ncnc21. The van der Waals surface area contributed by atoms with Crippen LogP contribution in [0.25, 0.3) is 22.3 Å². The Kier molecular flexibility index (Phi) is 8.97. The number of anilines is 1. The Hall–Kier alpha value is -3.98. The summed E-state index contributed by atoms with van der Waals surface area (Å²) in [6.45, 7) is 8.61. The van der Waals surface area contributed by atoms with E-state index in [2.05, 4.69) is 45.8 Å². The number of halogens is 4. The molecule has 0 aliphatic carbocycles. The van der Waals surface area contributed by atoms with Crippen LogP contribution in [0.2, 0.25) is 30.8 Å². The van der Waals surface area contributed by atoms with Crippen molar-refractivity contribution in [2.75, 3.05) is 24.6 Å². The quantitative estimate of drug-likeness (QED) is 0.109. The van der Waals surface area contributed by atoms with Gasteiger partial charge in [0.15, 0.2) is 0 Å². The maximum Gasteiger partial charge on any atom is 0.417 e. The Bertz CT molecular complexity index is 1730. The van der Waals surface area contributed by atoms with Gasteiger partial charge in [0, 0.05) is 57.0 Å². The Morgan fingerprint density at radius 2 is 2.02 bits per heavy atom. The minimum Gasteiger partial charge on any atom is -0.361 e. The molecule has 0 saturated carbocycles. The van der Waals surface area contributed by atoms with E-state index in [1.54, 1.807) is 21.8 Å². The van der Waals surface area contributed by atoms with Crippen LogP contribution in [0.1, 0.15) is 30.0 Å². The summed E-state index contributed by atoms with van der Waals surface area (Å²) >= 11 is 5.94. The van der Waals surface area contributed by atoms with Crippen LogP contribution in [-0.2, 0) is 17.6 Å². The van der Waals surface area contributed by atoms with Crippen molar-refractivity contribution in [3.8, 4) is 23.4 Å². The lowest BCUT2D eigenvalue weighted by Gasteiger charge is -2.24. The predicted molar refractivity (Wildman–Crippen MR) is 161 cm³/mol. The zero-order valence-corrected chi connectivity index (χ0v) is 26.3. The number of nitriles is 2. The van der Waals surface area contributed by atoms with Gasteiger partial charge in [-0.05, 0) is 24.6 Å². The minimum atomic E-state index is -4.76. The topological polar surface area (TPSA) is 121 Å². The number of aromatic nitrogens is 6. The second kappa shape index (κ2) is 12.6. The van der Waals surface area contributed by atoms with Gasteiger partial charge in [0.05, 0.1) is 36.0 Å². The zero-order chi connectivity index (χ0) is 31.6. The summed E-state index contributed by atoms with van der Waals surface area (Å²) in [7, 11) is -1.20. The maximum absolute atomic E-state index is 13.6. The lowest BCUT2D eigenvalue weighted by Crippen LogP contribution is -2.27. The van der Waals surface area contributed by atoms with E-state index in [-0.39, 0.29) is 35.9 Å². The summed E-state index contributed by atoms with van der Waals surface area (Å²) in [4.78, 5) is 14.7. The van der Waals surface area contributed by atoms with Crippen molar-refractivity contribution in [3.63, 3.8) is 0 Å². The van der Waals surface area contributed by atoms with E-state index in [0.29, 0.717) is 38.1 Å². The molecule has 1 saturated heterocycles. The van der Waals surface area contributed by atoms with Gasteiger partial charge in [-0.3, -0.25) is 4.68 Å². The highest BCUT2D eigenvalue weighted by Gasteiger charge is 2.39. The minimum absolute atomic E-state index is 0.107. The molecule has 0 amide bonds. The first-order chi connectivity index (χ1) is 20.9. The summed E-state index contributed by atoms with van der Waals surface area (Å²) in [6, 6.07) is 7.18. The summed E-state index contributed by atoms with van der Waals surface area (Å²) in [5.74, 6) is -0.257. The van der Waals surface area contributed by atoms with Crippen LogP contribution in [0.15, 0.2) is 37.1 Å². The van der Waals surface area contributed by atoms with Crippen LogP contribution in [-0.4, -0.2) is 57.1 Å². The first kappa shape index (κ1) is 31.4. The van der Waals surface area contributed by atoms with Gasteiger partial charge in [-0.25, -0.2) is 15.0 Å². The molecule has 4 aromatic heterocycles. The fraction of sp³-hybridized carbons (Fsp3) is 0.448. The third-order valence-electron chi connectivity index (χ3n) is 7.75. The molecule has 0 radical (unpaired) electrons. The smallest absolute Gasteiger partial charge is 0.361 e. The predicted octanol–water partition coefficient (Wildman–Crippen LogP) is 6.53. The van der Waals surface area contributed by atoms with Crippen molar-refractivity contribution in [2.24, 2.45) is 5.92 Å². The van der Waals surface area contributed by atoms with E-state index in [0.717, 1.165) is 22.6 Å². The summed E-state index contributed by atoms with van der Waals surface area (Å²) in [6.07, 6.45) is 2.85. The average molecular weight is 642 g/mol. The van der Waals surface area contributed by atoms with Crippen molar-refractivity contribution < 1.29 is 17.9 Å². The van der Waals surface area contributed by atoms with Crippen LogP contribution < -0.4 is 4.90 Å². The standard InChI is InChI=1S/C29H31ClF3N9OSi/c1-44(2,3)11-10-43-18-41-9-6-21-26(36-17-37-27(21)41)20-14-38-42(16-20)24(4-7-34)19-5-8-40(15-19)28-22(13-35)23(29(31,32)33)12-25(30)39-28/h6,9,12,14,16-17,19,24H,4-5,8,10-11,15,18H2,1-3H3/t19?,24-/m0/s1. The molecule has 1 fully saturated rings. The highest BCUT2D eigenvalue weighted by Crippen LogP contribution is 2.40. The molecule has 0 bridgehead atoms. The molecule has 5 rings (SSSR count). The third-order valence-corrected chi connectivity index (χ3v) is 9.65. The van der Waals surface area contributed by atoms with Crippen molar-refractivity contribution in [1.29, 1.82) is 10.5 Å². The molecule has 4 aromatic rings. The summed E-state index contributed by atoms with van der Waals surface area (Å²) < 4.78 is 50.5. The first-order valence-electron chi connectivity index (χ1n) is 14.1. The van der Waals surface area contributed by atoms with E-state index in [9.17, 15) is 23.7 Å². The molecule has 1 unspecified atom stereocenters. The van der Waals surface area contributed by atoms with Crippen molar-refractivity contribution in [2.45, 2.75) is 57.5 Å². The molecule has 0 spiro atoms. The fourth-order valence-electron chi connectivity index (χ4n) is 5.45. The highest BCUT2D eigenvalue weighted by atomic mass is 35.5. The highest BCUT2D eigenvalue weighted by molar-refractivity contribution is 6.76. The van der Waals surface area contributed by atoms with Crippen molar-refractivity contribution >= 4 is 36.5 Å². The van der Waals surface area contributed by atoms with Crippen LogP contribution in [0.3, 0.4) is 0 Å². The lowest BCUT2D eigenvalue weighted by atomic mass is 9.96. The number of rotatable bonds is 10. The number of nitrogens with zero attached hydrogens (tertiary/aromatic N) is 9. The number of pyridine rings is 1. The van der Waals surface area contributed by atoms with Gasteiger partial charge in [-0.15, -0.1) is 0 Å². The van der Waals surface area contributed by atoms with Gasteiger partial charge < -0.3 is 14.2 Å². The monoisotopic (exact) mass is 641 g/mol. The molecule has 1 aliphatic rings. The van der Waals surface area contributed by atoms with Gasteiger partial charge >= 0.3 is 6.18 Å². The molecule has 10 nitrogen and oxygen atoms in total. The van der Waals surface area contributed by atoms with Gasteiger partial charge in [0.25, 0.3) is 0 Å². The van der Waals surface area contributed by atoms with Gasteiger partial charge in [0.1, 0.15) is 41.3 Å². The number of ether oxygens (including phenoxy) is 1. The molecular weight excluding hydrogens is 611 g/mol. The van der Waals surface area contributed by atoms with E-state index in [1.165, 1.54) is 6.33 Å². The maximum atomic E-state index is 13.6. The number of fused-ring (bicyclic) bond motifs is 1. The second-order valence-electron chi connectivity index (χ2n) is 12.0. The van der Waals surface area contributed by atoms with Gasteiger partial charge in [-0.2, -0.15) is 28.8 Å². The molecular formula is C29H31ClF3N9OSi. The molecule has 5 heterocycles. The van der Waals surface area contributed by atoms with Crippen molar-refractivity contribution in [3.05, 3.63) is 53.3 Å². The Labute approximate surface area is 258 Å². The molecule has 230 valence electrons. The Morgan fingerprint density at radius 1 is 1.23 bits per heavy atom. The normalized spacial score (nSPS) is 16.3. The Morgan fingerprint density at radius 3 is 2.73 bits per heavy atom. The average Bonchev–Trinajstić information content (AvgIpc) is 3.73. The van der Waals surface area contributed by atoms with Gasteiger partial charge in [0.2, 0.25) is 0 Å². The molecule has 2 atom stereocenters. The molecule has 1 aliphatic heterocycles. The van der Waals surface area contributed by atoms with Crippen molar-refractivity contribution in [1.82, 2.24) is 29.3 Å². The van der Waals surface area contributed by atoms with Gasteiger partial charge in [-0.1, -0.05) is 31.2 Å². The van der Waals surface area contributed by atoms with E-state index < -0.39 is 25.4 Å². The second-order valence-corrected chi connectivity index (χ2v) is 18.0. The number of hydrogen-bond acceptors (Lipinski definition) is 8. The zero-order valence-electron chi connectivity index (χ0n) is 24.5. The number of alkyl halides is 3. The molecule has 0 aromatic carbocycles. The van der Waals surface area contributed by atoms with Crippen LogP contribution in [0, 0.1) is 28.6 Å². The van der Waals surface area contributed by atoms with Crippen LogP contribution in [0.4, 0.5) is 19.0 Å². The largest absolute Gasteiger partial charge is 0.417 e. The Balaban J connectivity index is 1.36. The number of hydrogen-bond donors (Lipinski definition) is 0. The van der Waals surface area contributed by atoms with E-state index >= 15 is 0 Å². The fourth-order valence-corrected chi connectivity index (χ4v) is 6.39. The van der Waals surface area contributed by atoms with Crippen LogP contribution >= 0.6 is 11.6 Å². The third kappa shape index (κ3) is 6.72. The molecule has 15 heteroatoms. The summed E-state index contributed by atoms with van der Waals surface area (Å²) in [5, 5.41) is 24.3. The van der Waals surface area contributed by atoms with E-state index in [4.69, 9.17) is 16.3 Å². The molecule has 44 heavy (non-hydrogen) atoms. The van der Waals surface area contributed by atoms with E-state index in [1.807, 2.05) is 23.0 Å². The molecule has 0 N–H and O–H groups in total. The van der Waals surface area contributed by atoms with Crippen LogP contribution in [0.5, 0.6) is 0 Å². The summed E-state index contributed by atoms with van der Waals surface area (Å²) in [5.41, 5.74) is 0.475. The first-order valence-corrected chi connectivity index (χ1v) is 18.2.